The zero-order chi connectivity index (χ0) is 9.00. The molecule has 0 fully saturated rings. The van der Waals surface area contributed by atoms with Crippen LogP contribution in [0, 0.1) is 0 Å². The van der Waals surface area contributed by atoms with Gasteiger partial charge in [-0.3, -0.25) is 16.8 Å². The summed E-state index contributed by atoms with van der Waals surface area (Å²) in [5.41, 5.74) is 0. The minimum atomic E-state index is -5.17. The van der Waals surface area contributed by atoms with Gasteiger partial charge in [0.05, 0.1) is 0 Å². The molecule has 15 heteroatoms. The third kappa shape index (κ3) is 341. The smallest absolute Gasteiger partial charge is 2.00 e. The molecule has 0 saturated carbocycles. The van der Waals surface area contributed by atoms with E-state index in [1.54, 1.807) is 0 Å². The predicted molar refractivity (Wildman–Crippen MR) is 33.8 cm³/mol. The van der Waals surface area contributed by atoms with Gasteiger partial charge in [0.15, 0.2) is 0 Å². The Labute approximate surface area is 182 Å². The van der Waals surface area contributed by atoms with Crippen LogP contribution in [-0.2, 0) is 53.5 Å². The summed E-state index contributed by atoms with van der Waals surface area (Å²) in [6, 6.07) is 0. The van der Waals surface area contributed by atoms with Crippen LogP contribution >= 0.6 is 0 Å². The van der Waals surface area contributed by atoms with E-state index in [9.17, 15) is 0 Å². The van der Waals surface area contributed by atoms with Crippen molar-refractivity contribution in [3.63, 3.8) is 0 Å². The van der Waals surface area contributed by atoms with E-state index in [4.69, 9.17) is 35.0 Å². The van der Waals surface area contributed by atoms with Gasteiger partial charge >= 0.3 is 119 Å². The topological polar surface area (TPSA) is 218 Å². The van der Waals surface area contributed by atoms with Gasteiger partial charge in [0, 0.05) is 20.8 Å². The quantitative estimate of drug-likeness (QED) is 0.167. The molecule has 0 saturated heterocycles. The van der Waals surface area contributed by atoms with Gasteiger partial charge in [0.2, 0.25) is 0 Å². The molecule has 0 aliphatic heterocycles. The maximum Gasteiger partial charge on any atom is 4.00 e. The second-order valence-electron chi connectivity index (χ2n) is 0.816. The Morgan fingerprint density at radius 3 is 0.600 bits per heavy atom. The Morgan fingerprint density at radius 2 is 0.600 bits per heavy atom. The number of hydrogen-bond donors (Lipinski definition) is 0. The fourth-order valence-electron chi connectivity index (χ4n) is 0. The normalized spacial score (nSPS) is 7.73. The predicted octanol–water partition coefficient (Wildman–Crippen LogP) is -3.68. The molecule has 10 nitrogen and oxygen atoms in total. The summed E-state index contributed by atoms with van der Waals surface area (Å²) in [4.78, 5) is 0. The van der Waals surface area contributed by atoms with Gasteiger partial charge in [-0.25, -0.2) is 0 Å². The summed E-state index contributed by atoms with van der Waals surface area (Å²) in [7, 11) is -10.3. The fourth-order valence-corrected chi connectivity index (χ4v) is 0. The van der Waals surface area contributed by atoms with Crippen LogP contribution in [0.3, 0.4) is 0 Å². The largest absolute Gasteiger partial charge is 4.00 e. The van der Waals surface area contributed by atoms with E-state index in [1.165, 1.54) is 0 Å². The molecule has 0 aromatic heterocycles. The molecule has 0 aromatic rings. The molecule has 15 heavy (non-hydrogen) atoms. The van der Waals surface area contributed by atoms with Crippen LogP contribution in [0.5, 0.6) is 0 Å². The zero-order valence-corrected chi connectivity index (χ0v) is 18.9. The van der Waals surface area contributed by atoms with E-state index in [2.05, 4.69) is 0 Å². The standard InChI is InChI=1S/2Ba.2H2O4S.2O.Ti/c;;2*1-5(2,3)4;;;/h;;2*(H2,1,2,3,4);;;/q2*+2;;;2*-2;+4/p-4. The van der Waals surface area contributed by atoms with Crippen molar-refractivity contribution in [2.24, 2.45) is 0 Å². The molecule has 0 unspecified atom stereocenters. The first-order chi connectivity index (χ1) is 4.00. The molecule has 0 amide bonds. The molecule has 0 atom stereocenters. The third-order valence-corrected chi connectivity index (χ3v) is 0. The second-order valence-corrected chi connectivity index (χ2v) is 2.45. The van der Waals surface area contributed by atoms with E-state index in [0.29, 0.717) is 0 Å². The summed E-state index contributed by atoms with van der Waals surface area (Å²) < 4.78 is 68.2. The molecule has 0 N–H and O–H groups in total. The Balaban J connectivity index is -0.0000000128. The van der Waals surface area contributed by atoms with Crippen molar-refractivity contribution in [3.05, 3.63) is 0 Å². The first-order valence-corrected chi connectivity index (χ1v) is 4.00. The Hall–Kier alpha value is 3.52. The SMILES string of the molecule is O=S(=O)([O-])[O-].O=S(=O)([O-])[O-].[Ba+2].[Ba+2].[O-2].[O-2].[Ti+4]. The Kier molecular flexibility index (Phi) is 56.7. The Bertz CT molecular complexity index is 218. The summed E-state index contributed by atoms with van der Waals surface area (Å²) in [6.45, 7) is 0. The van der Waals surface area contributed by atoms with Crippen molar-refractivity contribution < 1.29 is 67.7 Å². The molecule has 0 rings (SSSR count). The monoisotopic (exact) mass is 548 g/mol. The van der Waals surface area contributed by atoms with Gasteiger partial charge in [-0.2, -0.15) is 0 Å². The molecule has 0 radical (unpaired) electrons. The minimum Gasteiger partial charge on any atom is -2.00 e. The molecule has 0 aromatic carbocycles. The average Bonchev–Trinajstić information content (AvgIpc) is 1.12. The molecule has 0 aliphatic rings. The van der Waals surface area contributed by atoms with Gasteiger partial charge < -0.3 is 29.2 Å². The molecule has 80 valence electrons. The van der Waals surface area contributed by atoms with E-state index >= 15 is 0 Å². The molecular weight excluding hydrogens is 547 g/mol. The van der Waals surface area contributed by atoms with Crippen molar-refractivity contribution in [1.82, 2.24) is 0 Å². The van der Waals surface area contributed by atoms with Crippen molar-refractivity contribution in [1.29, 1.82) is 0 Å². The van der Waals surface area contributed by atoms with Crippen LogP contribution in [0.2, 0.25) is 0 Å². The fraction of sp³-hybridized carbons (Fsp3) is 0. The summed E-state index contributed by atoms with van der Waals surface area (Å²) in [5, 5.41) is 0. The number of hydrogen-bond acceptors (Lipinski definition) is 8. The summed E-state index contributed by atoms with van der Waals surface area (Å²) in [6.07, 6.45) is 0. The molecular formula is Ba2O10S2Ti. The van der Waals surface area contributed by atoms with Crippen molar-refractivity contribution in [3.8, 4) is 0 Å². The van der Waals surface area contributed by atoms with Crippen LogP contribution < -0.4 is 0 Å². The second kappa shape index (κ2) is 19.8. The van der Waals surface area contributed by atoms with Gasteiger partial charge in [-0.1, -0.05) is 0 Å². The average molecular weight is 547 g/mol. The van der Waals surface area contributed by atoms with E-state index in [0.717, 1.165) is 0 Å². The van der Waals surface area contributed by atoms with Crippen LogP contribution in [-0.4, -0.2) is 133 Å². The van der Waals surface area contributed by atoms with E-state index < -0.39 is 20.8 Å². The van der Waals surface area contributed by atoms with Crippen LogP contribution in [0.25, 0.3) is 0 Å². The van der Waals surface area contributed by atoms with Crippen molar-refractivity contribution in [2.75, 3.05) is 0 Å². The van der Waals surface area contributed by atoms with Gasteiger partial charge in [-0.05, 0) is 0 Å². The molecule has 0 spiro atoms. The zero-order valence-electron chi connectivity index (χ0n) is 6.81. The number of rotatable bonds is 0. The Morgan fingerprint density at radius 1 is 0.600 bits per heavy atom. The molecule has 0 bridgehead atoms. The minimum absolute atomic E-state index is 0. The van der Waals surface area contributed by atoms with Gasteiger partial charge in [0.1, 0.15) is 0 Å². The third-order valence-electron chi connectivity index (χ3n) is 0. The van der Waals surface area contributed by atoms with Crippen LogP contribution in [0.4, 0.5) is 0 Å². The van der Waals surface area contributed by atoms with Crippen molar-refractivity contribution in [2.45, 2.75) is 0 Å². The first kappa shape index (κ1) is 42.8. The maximum atomic E-state index is 8.52. The molecule has 0 heterocycles. The van der Waals surface area contributed by atoms with Crippen LogP contribution in [0.1, 0.15) is 0 Å². The van der Waals surface area contributed by atoms with Gasteiger partial charge in [0.25, 0.3) is 0 Å². The van der Waals surface area contributed by atoms with E-state index in [1.807, 2.05) is 0 Å². The van der Waals surface area contributed by atoms with E-state index in [-0.39, 0.29) is 130 Å². The molecule has 0 aliphatic carbocycles. The summed E-state index contributed by atoms with van der Waals surface area (Å²) >= 11 is 0. The van der Waals surface area contributed by atoms with Crippen LogP contribution in [0.15, 0.2) is 0 Å². The maximum absolute atomic E-state index is 8.52. The van der Waals surface area contributed by atoms with Gasteiger partial charge in [-0.15, -0.1) is 0 Å². The summed E-state index contributed by atoms with van der Waals surface area (Å²) in [5.74, 6) is 0. The first-order valence-electron chi connectivity index (χ1n) is 1.33. The van der Waals surface area contributed by atoms with Crippen molar-refractivity contribution >= 4 is 119 Å².